The molecule has 1 aliphatic rings. The molecule has 11 heteroatoms. The molecule has 0 N–H and O–H groups in total. The molecule has 3 atom stereocenters. The van der Waals surface area contributed by atoms with Crippen LogP contribution in [0.3, 0.4) is 0 Å². The minimum absolute atomic E-state index is 0.0261. The van der Waals surface area contributed by atoms with Crippen molar-refractivity contribution in [3.63, 3.8) is 0 Å². The molecule has 7 nitrogen and oxygen atoms in total. The molecular weight excluding hydrogens is 529 g/mol. The molecule has 210 valence electrons. The molecule has 0 unspecified atom stereocenters. The Balaban J connectivity index is 1.53. The number of benzene rings is 1. The Bertz CT molecular complexity index is 1370. The summed E-state index contributed by atoms with van der Waals surface area (Å²) in [5.41, 5.74) is 0.780. The standard InChI is InChI=1S/C28H33F3N4O3S/c1-4-35(5-2)24-16-21(20-7-6-8-22(15-20)28(29,30)31)9-10-25(24)38-27-12-11-26(19(3)34-27)39(36,37)17-23-13-14-32-18-33-23/h6-8,11-15,18,21,24-25H,4-5,9-10,16-17H2,1-3H3/t21-,24-,25-/m0/s1. The maximum atomic E-state index is 13.3. The lowest BCUT2D eigenvalue weighted by Gasteiger charge is -2.42. The Labute approximate surface area is 227 Å². The predicted octanol–water partition coefficient (Wildman–Crippen LogP) is 5.60. The van der Waals surface area contributed by atoms with E-state index in [0.29, 0.717) is 42.1 Å². The second kappa shape index (κ2) is 12.0. The van der Waals surface area contributed by atoms with Crippen molar-refractivity contribution in [2.45, 2.75) is 74.9 Å². The quantitative estimate of drug-likeness (QED) is 0.336. The average Bonchev–Trinajstić information content (AvgIpc) is 2.90. The molecule has 1 aliphatic carbocycles. The van der Waals surface area contributed by atoms with Gasteiger partial charge in [-0.15, -0.1) is 0 Å². The van der Waals surface area contributed by atoms with Gasteiger partial charge in [0.2, 0.25) is 5.88 Å². The molecule has 3 aromatic rings. The second-order valence-electron chi connectivity index (χ2n) is 9.77. The van der Waals surface area contributed by atoms with Crippen LogP contribution in [0.5, 0.6) is 5.88 Å². The molecule has 1 aromatic carbocycles. The summed E-state index contributed by atoms with van der Waals surface area (Å²) >= 11 is 0. The first-order valence-electron chi connectivity index (χ1n) is 13.0. The highest BCUT2D eigenvalue weighted by Gasteiger charge is 2.37. The number of rotatable bonds is 9. The molecule has 0 aliphatic heterocycles. The zero-order valence-electron chi connectivity index (χ0n) is 22.2. The van der Waals surface area contributed by atoms with E-state index in [1.165, 1.54) is 30.7 Å². The first-order chi connectivity index (χ1) is 18.5. The zero-order valence-corrected chi connectivity index (χ0v) is 23.0. The molecule has 1 fully saturated rings. The number of pyridine rings is 1. The minimum atomic E-state index is -4.38. The number of likely N-dealkylation sites (N-methyl/N-ethyl adjacent to an activating group) is 1. The van der Waals surface area contributed by atoms with E-state index >= 15 is 0 Å². The summed E-state index contributed by atoms with van der Waals surface area (Å²) in [5.74, 6) is 0.0388. The number of hydrogen-bond donors (Lipinski definition) is 0. The van der Waals surface area contributed by atoms with Crippen LogP contribution in [0.2, 0.25) is 0 Å². The fourth-order valence-electron chi connectivity index (χ4n) is 5.36. The SMILES string of the molecule is CCN(CC)[C@H]1C[C@@H](c2cccc(C(F)(F)F)c2)CC[C@@H]1Oc1ccc(S(=O)(=O)Cc2ccncn2)c(C)n1. The average molecular weight is 563 g/mol. The van der Waals surface area contributed by atoms with E-state index < -0.39 is 21.6 Å². The first-order valence-corrected chi connectivity index (χ1v) is 14.7. The third-order valence-electron chi connectivity index (χ3n) is 7.32. The van der Waals surface area contributed by atoms with Gasteiger partial charge in [-0.05, 0) is 69.0 Å². The summed E-state index contributed by atoms with van der Waals surface area (Å²) in [4.78, 5) is 14.7. The molecule has 4 rings (SSSR count). The van der Waals surface area contributed by atoms with E-state index in [2.05, 4.69) is 19.9 Å². The smallest absolute Gasteiger partial charge is 0.416 e. The highest BCUT2D eigenvalue weighted by atomic mass is 32.2. The van der Waals surface area contributed by atoms with E-state index in [4.69, 9.17) is 4.74 Å². The molecule has 39 heavy (non-hydrogen) atoms. The Morgan fingerprint density at radius 1 is 1.08 bits per heavy atom. The van der Waals surface area contributed by atoms with Gasteiger partial charge in [-0.25, -0.2) is 23.4 Å². The Morgan fingerprint density at radius 3 is 2.49 bits per heavy atom. The van der Waals surface area contributed by atoms with Crippen molar-refractivity contribution >= 4 is 9.84 Å². The first kappa shape index (κ1) is 28.9. The van der Waals surface area contributed by atoms with Crippen molar-refractivity contribution in [2.24, 2.45) is 0 Å². The topological polar surface area (TPSA) is 85.3 Å². The number of hydrogen-bond acceptors (Lipinski definition) is 7. The van der Waals surface area contributed by atoms with Crippen molar-refractivity contribution in [1.82, 2.24) is 19.9 Å². The number of halogens is 3. The summed E-state index contributed by atoms with van der Waals surface area (Å²) in [6.07, 6.45) is 0.145. The van der Waals surface area contributed by atoms with Gasteiger partial charge in [-0.1, -0.05) is 32.0 Å². The molecule has 1 saturated carbocycles. The summed E-state index contributed by atoms with van der Waals surface area (Å²) in [6, 6.07) is 10.2. The van der Waals surface area contributed by atoms with Gasteiger partial charge in [0.1, 0.15) is 12.4 Å². The lowest BCUT2D eigenvalue weighted by Crippen LogP contribution is -2.49. The maximum Gasteiger partial charge on any atom is 0.416 e. The molecule has 0 radical (unpaired) electrons. The van der Waals surface area contributed by atoms with Crippen LogP contribution in [-0.2, 0) is 21.8 Å². The number of alkyl halides is 3. The highest BCUT2D eigenvalue weighted by molar-refractivity contribution is 7.90. The predicted molar refractivity (Wildman–Crippen MR) is 141 cm³/mol. The molecule has 0 spiro atoms. The number of sulfone groups is 1. The number of ether oxygens (including phenoxy) is 1. The fourth-order valence-corrected chi connectivity index (χ4v) is 6.84. The number of aromatic nitrogens is 3. The number of aryl methyl sites for hydroxylation is 1. The van der Waals surface area contributed by atoms with Crippen molar-refractivity contribution in [3.05, 3.63) is 77.5 Å². The van der Waals surface area contributed by atoms with Gasteiger partial charge >= 0.3 is 6.18 Å². The lowest BCUT2D eigenvalue weighted by atomic mass is 9.78. The van der Waals surface area contributed by atoms with E-state index in [0.717, 1.165) is 19.2 Å². The number of nitrogens with zero attached hydrogens (tertiary/aromatic N) is 4. The summed E-state index contributed by atoms with van der Waals surface area (Å²) in [7, 11) is -3.67. The molecular formula is C28H33F3N4O3S. The summed E-state index contributed by atoms with van der Waals surface area (Å²) in [5, 5.41) is 0. The minimum Gasteiger partial charge on any atom is -0.473 e. The molecule has 0 amide bonds. The van der Waals surface area contributed by atoms with E-state index in [9.17, 15) is 21.6 Å². The highest BCUT2D eigenvalue weighted by Crippen LogP contribution is 2.39. The fraction of sp³-hybridized carbons (Fsp3) is 0.464. The largest absolute Gasteiger partial charge is 0.473 e. The third kappa shape index (κ3) is 6.94. The van der Waals surface area contributed by atoms with Crippen LogP contribution in [0.25, 0.3) is 0 Å². The third-order valence-corrected chi connectivity index (χ3v) is 9.10. The van der Waals surface area contributed by atoms with Crippen LogP contribution in [0.4, 0.5) is 13.2 Å². The van der Waals surface area contributed by atoms with Crippen LogP contribution in [0, 0.1) is 6.92 Å². The van der Waals surface area contributed by atoms with Crippen molar-refractivity contribution in [2.75, 3.05) is 13.1 Å². The van der Waals surface area contributed by atoms with Crippen LogP contribution in [-0.4, -0.2) is 53.5 Å². The van der Waals surface area contributed by atoms with Gasteiger partial charge < -0.3 is 4.74 Å². The zero-order chi connectivity index (χ0) is 28.2. The molecule has 2 heterocycles. The van der Waals surface area contributed by atoms with E-state index in [1.807, 2.05) is 13.8 Å². The van der Waals surface area contributed by atoms with Crippen molar-refractivity contribution in [3.8, 4) is 5.88 Å². The Kier molecular flexibility index (Phi) is 8.90. The molecule has 0 saturated heterocycles. The van der Waals surface area contributed by atoms with Gasteiger partial charge in [0, 0.05) is 18.3 Å². The van der Waals surface area contributed by atoms with Gasteiger partial charge in [-0.3, -0.25) is 4.90 Å². The molecule has 0 bridgehead atoms. The van der Waals surface area contributed by atoms with Crippen molar-refractivity contribution < 1.29 is 26.3 Å². The van der Waals surface area contributed by atoms with Gasteiger partial charge in [0.25, 0.3) is 0 Å². The van der Waals surface area contributed by atoms with Gasteiger partial charge in [0.05, 0.1) is 27.6 Å². The Hall–Kier alpha value is -3.05. The summed E-state index contributed by atoms with van der Waals surface area (Å²) < 4.78 is 72.3. The van der Waals surface area contributed by atoms with Crippen LogP contribution >= 0.6 is 0 Å². The van der Waals surface area contributed by atoms with Gasteiger partial charge in [-0.2, -0.15) is 13.2 Å². The van der Waals surface area contributed by atoms with Crippen LogP contribution < -0.4 is 4.74 Å². The van der Waals surface area contributed by atoms with Crippen molar-refractivity contribution in [1.29, 1.82) is 0 Å². The monoisotopic (exact) mass is 562 g/mol. The Morgan fingerprint density at radius 2 is 1.85 bits per heavy atom. The van der Waals surface area contributed by atoms with E-state index in [-0.39, 0.29) is 28.7 Å². The summed E-state index contributed by atoms with van der Waals surface area (Å²) in [6.45, 7) is 7.26. The maximum absolute atomic E-state index is 13.3. The van der Waals surface area contributed by atoms with E-state index in [1.54, 1.807) is 25.1 Å². The second-order valence-corrected chi connectivity index (χ2v) is 11.7. The van der Waals surface area contributed by atoms with Crippen LogP contribution in [0.1, 0.15) is 61.5 Å². The lowest BCUT2D eigenvalue weighted by molar-refractivity contribution is -0.137. The normalized spacial score (nSPS) is 20.2. The van der Waals surface area contributed by atoms with Crippen LogP contribution in [0.15, 0.2) is 59.9 Å². The molecule has 2 aromatic heterocycles. The van der Waals surface area contributed by atoms with Gasteiger partial charge in [0.15, 0.2) is 9.84 Å².